The van der Waals surface area contributed by atoms with Crippen LogP contribution in [-0.2, 0) is 6.42 Å². The first kappa shape index (κ1) is 27.1. The minimum Gasteiger partial charge on any atom is -0.495 e. The van der Waals surface area contributed by atoms with Crippen LogP contribution in [0.5, 0.6) is 11.6 Å². The van der Waals surface area contributed by atoms with Crippen molar-refractivity contribution in [2.24, 2.45) is 5.92 Å². The third-order valence-corrected chi connectivity index (χ3v) is 7.52. The maximum atomic E-state index is 6.35. The molecule has 1 aliphatic rings. The predicted molar refractivity (Wildman–Crippen MR) is 156 cm³/mol. The average molecular weight is 550 g/mol. The smallest absolute Gasteiger partial charge is 0.224 e. The molecule has 5 rings (SSSR count). The van der Waals surface area contributed by atoms with Crippen molar-refractivity contribution in [1.29, 1.82) is 0 Å². The molecule has 9 heteroatoms. The van der Waals surface area contributed by atoms with Crippen LogP contribution in [0.1, 0.15) is 50.1 Å². The zero-order chi connectivity index (χ0) is 27.5. The number of furan rings is 1. The standard InChI is InChI=1S/C30H36ClN5O3/c1-6-38-26-16-21-15-25(39-28(21)19(4)33-26)27-18(3)34-30(36-29(27)35-22-9-7-17(2)13-22)32-12-11-20-8-10-24(37-5)23(31)14-20/h8,10,14-17,22H,6-7,9,11-13H2,1-5H3,(H2,32,34,35,36). The Bertz CT molecular complexity index is 1470. The Morgan fingerprint density at radius 2 is 1.92 bits per heavy atom. The van der Waals surface area contributed by atoms with Crippen LogP contribution in [0.15, 0.2) is 34.7 Å². The summed E-state index contributed by atoms with van der Waals surface area (Å²) in [4.78, 5) is 14.3. The van der Waals surface area contributed by atoms with Crippen molar-refractivity contribution in [1.82, 2.24) is 15.0 Å². The van der Waals surface area contributed by atoms with E-state index in [1.807, 2.05) is 51.1 Å². The van der Waals surface area contributed by atoms with Crippen molar-refractivity contribution in [3.63, 3.8) is 0 Å². The highest BCUT2D eigenvalue weighted by molar-refractivity contribution is 6.32. The summed E-state index contributed by atoms with van der Waals surface area (Å²) in [6.07, 6.45) is 4.22. The fourth-order valence-electron chi connectivity index (χ4n) is 5.29. The highest BCUT2D eigenvalue weighted by Crippen LogP contribution is 2.38. The largest absolute Gasteiger partial charge is 0.495 e. The lowest BCUT2D eigenvalue weighted by Crippen LogP contribution is -2.19. The Balaban J connectivity index is 1.44. The number of ether oxygens (including phenoxy) is 2. The number of methoxy groups -OCH3 is 1. The number of halogens is 1. The molecule has 8 nitrogen and oxygen atoms in total. The molecular formula is C30H36ClN5O3. The van der Waals surface area contributed by atoms with Gasteiger partial charge in [0.15, 0.2) is 5.58 Å². The first-order valence-electron chi connectivity index (χ1n) is 13.6. The van der Waals surface area contributed by atoms with E-state index in [0.29, 0.717) is 53.5 Å². The molecule has 0 saturated heterocycles. The first-order chi connectivity index (χ1) is 18.8. The van der Waals surface area contributed by atoms with Crippen LogP contribution >= 0.6 is 11.6 Å². The molecule has 0 bridgehead atoms. The number of anilines is 2. The molecule has 1 aliphatic carbocycles. The molecule has 3 aromatic heterocycles. The zero-order valence-corrected chi connectivity index (χ0v) is 24.0. The molecule has 0 radical (unpaired) electrons. The summed E-state index contributed by atoms with van der Waals surface area (Å²) in [6.45, 7) is 9.41. The van der Waals surface area contributed by atoms with Gasteiger partial charge in [-0.3, -0.25) is 0 Å². The van der Waals surface area contributed by atoms with Gasteiger partial charge in [-0.1, -0.05) is 24.6 Å². The molecule has 1 fully saturated rings. The van der Waals surface area contributed by atoms with Gasteiger partial charge in [-0.2, -0.15) is 4.98 Å². The Kier molecular flexibility index (Phi) is 8.12. The van der Waals surface area contributed by atoms with Crippen molar-refractivity contribution in [3.05, 3.63) is 52.3 Å². The molecule has 2 N–H and O–H groups in total. The highest BCUT2D eigenvalue weighted by Gasteiger charge is 2.25. The number of benzene rings is 1. The van der Waals surface area contributed by atoms with E-state index in [4.69, 9.17) is 35.5 Å². The number of aromatic nitrogens is 3. The van der Waals surface area contributed by atoms with Crippen LogP contribution in [0.25, 0.3) is 22.3 Å². The summed E-state index contributed by atoms with van der Waals surface area (Å²) in [5, 5.41) is 8.66. The van der Waals surface area contributed by atoms with E-state index >= 15 is 0 Å². The fraction of sp³-hybridized carbons (Fsp3) is 0.433. The second-order valence-corrected chi connectivity index (χ2v) is 10.7. The van der Waals surface area contributed by atoms with Gasteiger partial charge in [-0.15, -0.1) is 0 Å². The lowest BCUT2D eigenvalue weighted by atomic mass is 10.1. The van der Waals surface area contributed by atoms with Crippen LogP contribution in [-0.4, -0.2) is 41.3 Å². The van der Waals surface area contributed by atoms with Gasteiger partial charge >= 0.3 is 0 Å². The molecule has 1 aromatic carbocycles. The maximum absolute atomic E-state index is 6.35. The van der Waals surface area contributed by atoms with Crippen molar-refractivity contribution >= 4 is 34.3 Å². The van der Waals surface area contributed by atoms with E-state index in [9.17, 15) is 0 Å². The van der Waals surface area contributed by atoms with Gasteiger partial charge in [0, 0.05) is 24.0 Å². The monoisotopic (exact) mass is 549 g/mol. The third kappa shape index (κ3) is 6.06. The second-order valence-electron chi connectivity index (χ2n) is 10.3. The van der Waals surface area contributed by atoms with E-state index in [2.05, 4.69) is 22.5 Å². The van der Waals surface area contributed by atoms with E-state index in [1.165, 1.54) is 6.42 Å². The van der Waals surface area contributed by atoms with E-state index in [0.717, 1.165) is 58.6 Å². The van der Waals surface area contributed by atoms with Gasteiger partial charge in [0.2, 0.25) is 11.8 Å². The summed E-state index contributed by atoms with van der Waals surface area (Å²) in [6, 6.07) is 10.1. The molecule has 1 saturated carbocycles. The highest BCUT2D eigenvalue weighted by atomic mass is 35.5. The van der Waals surface area contributed by atoms with Gasteiger partial charge in [-0.05, 0) is 76.1 Å². The molecule has 2 unspecified atom stereocenters. The molecule has 0 amide bonds. The van der Waals surface area contributed by atoms with Gasteiger partial charge < -0.3 is 24.5 Å². The summed E-state index contributed by atoms with van der Waals surface area (Å²) >= 11 is 6.30. The third-order valence-electron chi connectivity index (χ3n) is 7.22. The van der Waals surface area contributed by atoms with Crippen LogP contribution < -0.4 is 20.1 Å². The number of hydrogen-bond acceptors (Lipinski definition) is 8. The quantitative estimate of drug-likeness (QED) is 0.214. The Labute approximate surface area is 234 Å². The number of nitrogens with zero attached hydrogens (tertiary/aromatic N) is 3. The lowest BCUT2D eigenvalue weighted by molar-refractivity contribution is 0.326. The molecule has 3 heterocycles. The Morgan fingerprint density at radius 1 is 1.08 bits per heavy atom. The summed E-state index contributed by atoms with van der Waals surface area (Å²) in [7, 11) is 1.62. The van der Waals surface area contributed by atoms with Crippen molar-refractivity contribution in [3.8, 4) is 23.0 Å². The average Bonchev–Trinajstić information content (AvgIpc) is 3.50. The van der Waals surface area contributed by atoms with Crippen molar-refractivity contribution < 1.29 is 13.9 Å². The Morgan fingerprint density at radius 3 is 2.64 bits per heavy atom. The maximum Gasteiger partial charge on any atom is 0.224 e. The first-order valence-corrected chi connectivity index (χ1v) is 14.0. The number of hydrogen-bond donors (Lipinski definition) is 2. The summed E-state index contributed by atoms with van der Waals surface area (Å²) in [5.74, 6) is 4.04. The van der Waals surface area contributed by atoms with Crippen LogP contribution in [0.4, 0.5) is 11.8 Å². The Hall–Kier alpha value is -3.52. The SMILES string of the molecule is CCOc1cc2cc(-c3c(C)nc(NCCc4ccc(OC)c(Cl)c4)nc3NC3CCC(C)C3)oc2c(C)n1. The molecule has 206 valence electrons. The van der Waals surface area contributed by atoms with Crippen molar-refractivity contribution in [2.75, 3.05) is 30.9 Å². The summed E-state index contributed by atoms with van der Waals surface area (Å²) < 4.78 is 17.3. The lowest BCUT2D eigenvalue weighted by Gasteiger charge is -2.18. The number of aryl methyl sites for hydroxylation is 2. The van der Waals surface area contributed by atoms with Gasteiger partial charge in [0.1, 0.15) is 17.3 Å². The summed E-state index contributed by atoms with van der Waals surface area (Å²) in [5.41, 5.74) is 4.35. The van der Waals surface area contributed by atoms with Gasteiger partial charge in [0.05, 0.1) is 35.7 Å². The number of rotatable bonds is 10. The minimum atomic E-state index is 0.361. The van der Waals surface area contributed by atoms with Crippen LogP contribution in [0, 0.1) is 19.8 Å². The molecular weight excluding hydrogens is 514 g/mol. The molecule has 2 atom stereocenters. The van der Waals surface area contributed by atoms with Crippen LogP contribution in [0.3, 0.4) is 0 Å². The second kappa shape index (κ2) is 11.7. The van der Waals surface area contributed by atoms with Crippen LogP contribution in [0.2, 0.25) is 5.02 Å². The molecule has 0 spiro atoms. The predicted octanol–water partition coefficient (Wildman–Crippen LogP) is 7.22. The van der Waals surface area contributed by atoms with Gasteiger partial charge in [0.25, 0.3) is 0 Å². The van der Waals surface area contributed by atoms with Crippen molar-refractivity contribution in [2.45, 2.75) is 59.4 Å². The number of pyridine rings is 1. The van der Waals surface area contributed by atoms with E-state index in [-0.39, 0.29) is 0 Å². The normalized spacial score (nSPS) is 17.0. The van der Waals surface area contributed by atoms with E-state index < -0.39 is 0 Å². The fourth-order valence-corrected chi connectivity index (χ4v) is 5.57. The van der Waals surface area contributed by atoms with E-state index in [1.54, 1.807) is 7.11 Å². The van der Waals surface area contributed by atoms with Gasteiger partial charge in [-0.25, -0.2) is 9.97 Å². The zero-order valence-electron chi connectivity index (χ0n) is 23.2. The number of nitrogens with one attached hydrogen (secondary N) is 2. The number of fused-ring (bicyclic) bond motifs is 1. The topological polar surface area (TPSA) is 94.3 Å². The minimum absolute atomic E-state index is 0.361. The molecule has 0 aliphatic heterocycles. The molecule has 39 heavy (non-hydrogen) atoms. The molecule has 4 aromatic rings.